The number of benzene rings is 1. The molecule has 1 aromatic carbocycles. The highest BCUT2D eigenvalue weighted by Crippen LogP contribution is 2.21. The Morgan fingerprint density at radius 3 is 2.47 bits per heavy atom. The number of amides is 2. The van der Waals surface area contributed by atoms with Crippen molar-refractivity contribution >= 4 is 29.1 Å². The van der Waals surface area contributed by atoms with Crippen LogP contribution in [0.5, 0.6) is 0 Å². The highest BCUT2D eigenvalue weighted by molar-refractivity contribution is 6.34. The summed E-state index contributed by atoms with van der Waals surface area (Å²) in [5.41, 5.74) is 5.21. The number of carbonyl (C=O) groups excluding carboxylic acids is 2. The Balaban J connectivity index is 2.87. The number of nitrogens with one attached hydrogen (secondary N) is 2. The molecule has 6 heteroatoms. The Morgan fingerprint density at radius 1 is 1.37 bits per heavy atom. The van der Waals surface area contributed by atoms with E-state index in [1.54, 1.807) is 19.9 Å². The quantitative estimate of drug-likeness (QED) is 0.770. The lowest BCUT2D eigenvalue weighted by Crippen LogP contribution is -2.49. The van der Waals surface area contributed by atoms with Crippen molar-refractivity contribution in [2.24, 2.45) is 5.73 Å². The van der Waals surface area contributed by atoms with Crippen LogP contribution in [0.25, 0.3) is 0 Å². The van der Waals surface area contributed by atoms with Gasteiger partial charge in [0.2, 0.25) is 11.8 Å². The molecule has 0 saturated carbocycles. The second-order valence-corrected chi connectivity index (χ2v) is 5.08. The molecule has 0 fully saturated rings. The van der Waals surface area contributed by atoms with Crippen molar-refractivity contribution in [1.82, 2.24) is 5.32 Å². The molecule has 0 aliphatic heterocycles. The molecule has 0 aliphatic rings. The normalized spacial score (nSPS) is 11.2. The number of anilines is 1. The second kappa shape index (κ2) is 6.04. The summed E-state index contributed by atoms with van der Waals surface area (Å²) in [5.74, 6) is -0.784. The van der Waals surface area contributed by atoms with E-state index >= 15 is 0 Å². The van der Waals surface area contributed by atoms with Gasteiger partial charge < -0.3 is 16.4 Å². The summed E-state index contributed by atoms with van der Waals surface area (Å²) in [6.45, 7) is 6.17. The topological polar surface area (TPSA) is 84.2 Å². The van der Waals surface area contributed by atoms with Crippen LogP contribution in [0, 0.1) is 0 Å². The third-order valence-corrected chi connectivity index (χ3v) is 2.99. The summed E-state index contributed by atoms with van der Waals surface area (Å²) >= 11 is 5.92. The van der Waals surface area contributed by atoms with E-state index in [1.165, 1.54) is 12.1 Å². The molecule has 5 nitrogen and oxygen atoms in total. The maximum atomic E-state index is 12.0. The van der Waals surface area contributed by atoms with Crippen molar-refractivity contribution in [2.45, 2.75) is 26.3 Å². The Kier molecular flexibility index (Phi) is 4.91. The average Bonchev–Trinajstić information content (AvgIpc) is 2.28. The van der Waals surface area contributed by atoms with Crippen molar-refractivity contribution in [1.29, 1.82) is 0 Å². The van der Waals surface area contributed by atoms with Gasteiger partial charge in [-0.15, -0.1) is 0 Å². The fourth-order valence-electron chi connectivity index (χ4n) is 1.60. The molecule has 1 aromatic rings. The van der Waals surface area contributed by atoms with Crippen molar-refractivity contribution < 1.29 is 9.59 Å². The Labute approximate surface area is 117 Å². The summed E-state index contributed by atoms with van der Waals surface area (Å²) in [4.78, 5) is 23.1. The van der Waals surface area contributed by atoms with Crippen molar-refractivity contribution in [3.63, 3.8) is 0 Å². The second-order valence-electron chi connectivity index (χ2n) is 4.67. The van der Waals surface area contributed by atoms with E-state index < -0.39 is 11.4 Å². The predicted octanol–water partition coefficient (Wildman–Crippen LogP) is 1.77. The number of likely N-dealkylation sites (N-methyl/N-ethyl adjacent to an activating group) is 1. The number of hydrogen-bond donors (Lipinski definition) is 3. The zero-order chi connectivity index (χ0) is 14.6. The van der Waals surface area contributed by atoms with Gasteiger partial charge in [0.05, 0.1) is 16.1 Å². The van der Waals surface area contributed by atoms with Gasteiger partial charge >= 0.3 is 0 Å². The maximum absolute atomic E-state index is 12.0. The first-order valence-electron chi connectivity index (χ1n) is 5.93. The minimum absolute atomic E-state index is 0.183. The molecule has 0 aliphatic carbocycles. The summed E-state index contributed by atoms with van der Waals surface area (Å²) in [7, 11) is 0. The smallest absolute Gasteiger partial charge is 0.250 e. The molecule has 4 N–H and O–H groups in total. The molecule has 0 saturated heterocycles. The number of nitrogens with two attached hydrogens (primary N) is 1. The minimum Gasteiger partial charge on any atom is -0.366 e. The standard InChI is InChI=1S/C13H18ClN3O2/c1-4-16-13(2,3)12(19)17-8-5-6-9(11(15)18)10(14)7-8/h5-7,16H,4H2,1-3H3,(H2,15,18)(H,17,19). The minimum atomic E-state index is -0.691. The van der Waals surface area contributed by atoms with E-state index in [1.807, 2.05) is 6.92 Å². The Hall–Kier alpha value is -1.59. The molecule has 1 rings (SSSR count). The third kappa shape index (κ3) is 3.94. The number of primary amides is 1. The molecule has 0 spiro atoms. The number of halogens is 1. The lowest BCUT2D eigenvalue weighted by Gasteiger charge is -2.24. The van der Waals surface area contributed by atoms with Crippen LogP contribution in [0.4, 0.5) is 5.69 Å². The molecule has 0 aromatic heterocycles. The number of rotatable bonds is 5. The highest BCUT2D eigenvalue weighted by atomic mass is 35.5. The monoisotopic (exact) mass is 283 g/mol. The van der Waals surface area contributed by atoms with Crippen LogP contribution in [-0.2, 0) is 4.79 Å². The Bertz CT molecular complexity index is 501. The first-order chi connectivity index (χ1) is 8.77. The van der Waals surface area contributed by atoms with E-state index in [2.05, 4.69) is 10.6 Å². The fraction of sp³-hybridized carbons (Fsp3) is 0.385. The van der Waals surface area contributed by atoms with Crippen molar-refractivity contribution in [3.8, 4) is 0 Å². The summed E-state index contributed by atoms with van der Waals surface area (Å²) in [6.07, 6.45) is 0. The van der Waals surface area contributed by atoms with Crippen molar-refractivity contribution in [2.75, 3.05) is 11.9 Å². The summed E-state index contributed by atoms with van der Waals surface area (Å²) in [5, 5.41) is 6.02. The SMILES string of the molecule is CCNC(C)(C)C(=O)Nc1ccc(C(N)=O)c(Cl)c1. The van der Waals surface area contributed by atoms with Gasteiger partial charge in [0.1, 0.15) is 0 Å². The van der Waals surface area contributed by atoms with E-state index in [0.717, 1.165) is 0 Å². The van der Waals surface area contributed by atoms with Crippen LogP contribution in [0.2, 0.25) is 5.02 Å². The van der Waals surface area contributed by atoms with E-state index in [0.29, 0.717) is 12.2 Å². The largest absolute Gasteiger partial charge is 0.366 e. The first-order valence-corrected chi connectivity index (χ1v) is 6.31. The van der Waals surface area contributed by atoms with Gasteiger partial charge in [0.25, 0.3) is 0 Å². The van der Waals surface area contributed by atoms with Crippen molar-refractivity contribution in [3.05, 3.63) is 28.8 Å². The van der Waals surface area contributed by atoms with E-state index in [4.69, 9.17) is 17.3 Å². The molecular formula is C13H18ClN3O2. The van der Waals surface area contributed by atoms with Gasteiger partial charge in [-0.2, -0.15) is 0 Å². The van der Waals surface area contributed by atoms with Crippen LogP contribution < -0.4 is 16.4 Å². The van der Waals surface area contributed by atoms with E-state index in [-0.39, 0.29) is 16.5 Å². The van der Waals surface area contributed by atoms with Gasteiger partial charge in [-0.3, -0.25) is 9.59 Å². The fourth-order valence-corrected chi connectivity index (χ4v) is 1.88. The van der Waals surface area contributed by atoms with Crippen LogP contribution in [0.3, 0.4) is 0 Å². The molecule has 0 unspecified atom stereocenters. The van der Waals surface area contributed by atoms with Gasteiger partial charge in [-0.1, -0.05) is 18.5 Å². The molecule has 19 heavy (non-hydrogen) atoms. The van der Waals surface area contributed by atoms with E-state index in [9.17, 15) is 9.59 Å². The number of carbonyl (C=O) groups is 2. The molecular weight excluding hydrogens is 266 g/mol. The Morgan fingerprint density at radius 2 is 2.00 bits per heavy atom. The number of hydrogen-bond acceptors (Lipinski definition) is 3. The molecule has 0 radical (unpaired) electrons. The molecule has 0 bridgehead atoms. The first kappa shape index (κ1) is 15.5. The molecule has 0 heterocycles. The summed E-state index contributed by atoms with van der Waals surface area (Å²) < 4.78 is 0. The van der Waals surface area contributed by atoms with Gasteiger partial charge in [-0.05, 0) is 38.6 Å². The van der Waals surface area contributed by atoms with Crippen LogP contribution in [0.1, 0.15) is 31.1 Å². The lowest BCUT2D eigenvalue weighted by molar-refractivity contribution is -0.121. The van der Waals surface area contributed by atoms with Gasteiger partial charge in [0, 0.05) is 5.69 Å². The van der Waals surface area contributed by atoms with Gasteiger partial charge in [0.15, 0.2) is 0 Å². The highest BCUT2D eigenvalue weighted by Gasteiger charge is 2.26. The maximum Gasteiger partial charge on any atom is 0.250 e. The average molecular weight is 284 g/mol. The lowest BCUT2D eigenvalue weighted by atomic mass is 10.0. The summed E-state index contributed by atoms with van der Waals surface area (Å²) in [6, 6.07) is 4.58. The molecule has 0 atom stereocenters. The van der Waals surface area contributed by atoms with Crippen LogP contribution >= 0.6 is 11.6 Å². The zero-order valence-corrected chi connectivity index (χ0v) is 12.0. The van der Waals surface area contributed by atoms with Crippen LogP contribution in [0.15, 0.2) is 18.2 Å². The molecule has 2 amide bonds. The third-order valence-electron chi connectivity index (χ3n) is 2.68. The zero-order valence-electron chi connectivity index (χ0n) is 11.2. The van der Waals surface area contributed by atoms with Crippen LogP contribution in [-0.4, -0.2) is 23.9 Å². The molecule has 104 valence electrons. The van der Waals surface area contributed by atoms with Gasteiger partial charge in [-0.25, -0.2) is 0 Å². The predicted molar refractivity (Wildman–Crippen MR) is 76.4 cm³/mol.